The summed E-state index contributed by atoms with van der Waals surface area (Å²) in [6.45, 7) is 5.45. The van der Waals surface area contributed by atoms with Crippen LogP contribution >= 0.6 is 0 Å². The van der Waals surface area contributed by atoms with Gasteiger partial charge in [-0.05, 0) is 50.1 Å². The van der Waals surface area contributed by atoms with E-state index in [0.717, 1.165) is 28.8 Å². The van der Waals surface area contributed by atoms with E-state index in [4.69, 9.17) is 4.74 Å². The smallest absolute Gasteiger partial charge is 0.416 e. The van der Waals surface area contributed by atoms with Crippen LogP contribution in [0.3, 0.4) is 0 Å². The van der Waals surface area contributed by atoms with Crippen LogP contribution in [0.15, 0.2) is 42.5 Å². The Bertz CT molecular complexity index is 757. The molecule has 0 heterocycles. The molecule has 0 aliphatic heterocycles. The minimum Gasteiger partial charge on any atom is -0.484 e. The fourth-order valence-electron chi connectivity index (χ4n) is 2.58. The number of hydrogen-bond donors (Lipinski definition) is 1. The zero-order chi connectivity index (χ0) is 18.6. The Morgan fingerprint density at radius 2 is 1.88 bits per heavy atom. The maximum absolute atomic E-state index is 12.7. The Hall–Kier alpha value is -2.50. The van der Waals surface area contributed by atoms with Crippen molar-refractivity contribution in [3.8, 4) is 5.75 Å². The van der Waals surface area contributed by atoms with Crippen LogP contribution in [0.5, 0.6) is 5.75 Å². The number of carbonyl (C=O) groups excluding carboxylic acids is 1. The summed E-state index contributed by atoms with van der Waals surface area (Å²) in [5.74, 6) is -0.394. The number of ether oxygens (including phenoxy) is 1. The predicted octanol–water partition coefficient (Wildman–Crippen LogP) is 4.58. The minimum atomic E-state index is -4.45. The lowest BCUT2D eigenvalue weighted by Gasteiger charge is -2.17. The maximum Gasteiger partial charge on any atom is 0.416 e. The lowest BCUT2D eigenvalue weighted by atomic mass is 10.0. The molecule has 2 rings (SSSR count). The fraction of sp³-hybridized carbons (Fsp3) is 0.316. The number of hydrogen-bond acceptors (Lipinski definition) is 2. The molecule has 0 saturated heterocycles. The van der Waals surface area contributed by atoms with E-state index in [1.165, 1.54) is 12.1 Å². The lowest BCUT2D eigenvalue weighted by Crippen LogP contribution is -2.31. The summed E-state index contributed by atoms with van der Waals surface area (Å²) in [4.78, 5) is 12.0. The lowest BCUT2D eigenvalue weighted by molar-refractivity contribution is -0.137. The molecule has 2 aromatic carbocycles. The SMILES string of the molecule is Cc1ccc(C(C)NC(=O)COc2cccc(C(F)(F)F)c2)c(C)c1. The Kier molecular flexibility index (Phi) is 5.72. The molecule has 1 amide bonds. The van der Waals surface area contributed by atoms with Gasteiger partial charge in [0, 0.05) is 0 Å². The van der Waals surface area contributed by atoms with Crippen LogP contribution < -0.4 is 10.1 Å². The fourth-order valence-corrected chi connectivity index (χ4v) is 2.58. The molecule has 1 atom stereocenters. The van der Waals surface area contributed by atoms with Crippen molar-refractivity contribution in [2.75, 3.05) is 6.61 Å². The molecule has 0 spiro atoms. The third kappa shape index (κ3) is 5.24. The van der Waals surface area contributed by atoms with Crippen LogP contribution in [0.25, 0.3) is 0 Å². The second-order valence-electron chi connectivity index (χ2n) is 5.96. The van der Waals surface area contributed by atoms with Crippen molar-refractivity contribution in [3.63, 3.8) is 0 Å². The van der Waals surface area contributed by atoms with Gasteiger partial charge in [0.15, 0.2) is 6.61 Å². The molecule has 25 heavy (non-hydrogen) atoms. The monoisotopic (exact) mass is 351 g/mol. The summed E-state index contributed by atoms with van der Waals surface area (Å²) in [7, 11) is 0. The van der Waals surface area contributed by atoms with Gasteiger partial charge in [0.25, 0.3) is 5.91 Å². The van der Waals surface area contributed by atoms with Crippen LogP contribution in [-0.4, -0.2) is 12.5 Å². The van der Waals surface area contributed by atoms with Gasteiger partial charge < -0.3 is 10.1 Å². The number of aryl methyl sites for hydroxylation is 2. The highest BCUT2D eigenvalue weighted by molar-refractivity contribution is 5.78. The van der Waals surface area contributed by atoms with E-state index >= 15 is 0 Å². The number of nitrogens with one attached hydrogen (secondary N) is 1. The highest BCUT2D eigenvalue weighted by atomic mass is 19.4. The molecule has 0 saturated carbocycles. The zero-order valence-corrected chi connectivity index (χ0v) is 14.3. The van der Waals surface area contributed by atoms with Crippen molar-refractivity contribution in [2.45, 2.75) is 33.0 Å². The molecule has 0 bridgehead atoms. The summed E-state index contributed by atoms with van der Waals surface area (Å²) in [6, 6.07) is 10.2. The normalized spacial score (nSPS) is 12.6. The second-order valence-corrected chi connectivity index (χ2v) is 5.96. The molecular weight excluding hydrogens is 331 g/mol. The molecule has 2 aromatic rings. The Balaban J connectivity index is 1.94. The van der Waals surface area contributed by atoms with E-state index in [2.05, 4.69) is 5.32 Å². The molecule has 6 heteroatoms. The van der Waals surface area contributed by atoms with Crippen molar-refractivity contribution in [3.05, 3.63) is 64.7 Å². The van der Waals surface area contributed by atoms with Crippen LogP contribution in [0.2, 0.25) is 0 Å². The van der Waals surface area contributed by atoms with Crippen molar-refractivity contribution in [1.29, 1.82) is 0 Å². The summed E-state index contributed by atoms with van der Waals surface area (Å²) in [5, 5.41) is 2.79. The van der Waals surface area contributed by atoms with Crippen LogP contribution in [-0.2, 0) is 11.0 Å². The van der Waals surface area contributed by atoms with E-state index in [-0.39, 0.29) is 18.4 Å². The number of alkyl halides is 3. The highest BCUT2D eigenvalue weighted by Crippen LogP contribution is 2.31. The van der Waals surface area contributed by atoms with Gasteiger partial charge in [-0.3, -0.25) is 4.79 Å². The van der Waals surface area contributed by atoms with Gasteiger partial charge in [0.2, 0.25) is 0 Å². The van der Waals surface area contributed by atoms with Gasteiger partial charge in [0.1, 0.15) is 5.75 Å². The number of rotatable bonds is 5. The molecule has 0 aliphatic carbocycles. The number of halogens is 3. The topological polar surface area (TPSA) is 38.3 Å². The summed E-state index contributed by atoms with van der Waals surface area (Å²) in [5.41, 5.74) is 2.37. The number of carbonyl (C=O) groups is 1. The highest BCUT2D eigenvalue weighted by Gasteiger charge is 2.30. The average molecular weight is 351 g/mol. The summed E-state index contributed by atoms with van der Waals surface area (Å²) >= 11 is 0. The van der Waals surface area contributed by atoms with Crippen molar-refractivity contribution in [2.24, 2.45) is 0 Å². The molecule has 0 fully saturated rings. The van der Waals surface area contributed by atoms with E-state index in [9.17, 15) is 18.0 Å². The van der Waals surface area contributed by atoms with Crippen molar-refractivity contribution >= 4 is 5.91 Å². The van der Waals surface area contributed by atoms with Gasteiger partial charge in [-0.1, -0.05) is 29.8 Å². The minimum absolute atomic E-state index is 0.00384. The number of amides is 1. The first-order valence-corrected chi connectivity index (χ1v) is 7.83. The average Bonchev–Trinajstić information content (AvgIpc) is 2.52. The molecule has 134 valence electrons. The van der Waals surface area contributed by atoms with Gasteiger partial charge in [-0.2, -0.15) is 13.2 Å². The Morgan fingerprint density at radius 3 is 2.52 bits per heavy atom. The van der Waals surface area contributed by atoms with Gasteiger partial charge >= 0.3 is 6.18 Å². The third-order valence-corrected chi connectivity index (χ3v) is 3.80. The molecule has 1 N–H and O–H groups in total. The molecule has 0 radical (unpaired) electrons. The molecule has 3 nitrogen and oxygen atoms in total. The third-order valence-electron chi connectivity index (χ3n) is 3.80. The predicted molar refractivity (Wildman–Crippen MR) is 89.4 cm³/mol. The van der Waals surface area contributed by atoms with Crippen LogP contribution in [0, 0.1) is 13.8 Å². The first kappa shape index (κ1) is 18.8. The largest absolute Gasteiger partial charge is 0.484 e. The van der Waals surface area contributed by atoms with Crippen molar-refractivity contribution in [1.82, 2.24) is 5.32 Å². The Labute approximate surface area is 144 Å². The second kappa shape index (κ2) is 7.59. The summed E-state index contributed by atoms with van der Waals surface area (Å²) < 4.78 is 43.2. The first-order chi connectivity index (χ1) is 11.7. The first-order valence-electron chi connectivity index (χ1n) is 7.83. The molecule has 1 unspecified atom stereocenters. The Morgan fingerprint density at radius 1 is 1.16 bits per heavy atom. The standard InChI is InChI=1S/C19H20F3NO2/c1-12-7-8-17(13(2)9-12)14(3)23-18(24)11-25-16-6-4-5-15(10-16)19(20,21)22/h4-10,14H,11H2,1-3H3,(H,23,24). The quantitative estimate of drug-likeness (QED) is 0.856. The van der Waals surface area contributed by atoms with E-state index < -0.39 is 17.6 Å². The van der Waals surface area contributed by atoms with Crippen molar-refractivity contribution < 1.29 is 22.7 Å². The van der Waals surface area contributed by atoms with Crippen LogP contribution in [0.1, 0.15) is 35.2 Å². The number of benzene rings is 2. The van der Waals surface area contributed by atoms with E-state index in [1.54, 1.807) is 0 Å². The molecule has 0 aliphatic rings. The van der Waals surface area contributed by atoms with E-state index in [1.807, 2.05) is 39.0 Å². The van der Waals surface area contributed by atoms with Gasteiger partial charge in [-0.15, -0.1) is 0 Å². The maximum atomic E-state index is 12.7. The van der Waals surface area contributed by atoms with Gasteiger partial charge in [-0.25, -0.2) is 0 Å². The zero-order valence-electron chi connectivity index (χ0n) is 14.3. The van der Waals surface area contributed by atoms with Crippen LogP contribution in [0.4, 0.5) is 13.2 Å². The molecular formula is C19H20F3NO2. The van der Waals surface area contributed by atoms with E-state index in [0.29, 0.717) is 0 Å². The molecule has 0 aromatic heterocycles. The van der Waals surface area contributed by atoms with Gasteiger partial charge in [0.05, 0.1) is 11.6 Å². The summed E-state index contributed by atoms with van der Waals surface area (Å²) in [6.07, 6.45) is -4.45.